The topological polar surface area (TPSA) is 131 Å². The Kier molecular flexibility index (Phi) is 7.52. The zero-order valence-electron chi connectivity index (χ0n) is 15.2. The lowest BCUT2D eigenvalue weighted by molar-refractivity contribution is -0.110. The SMILES string of the molecule is COc1ccc(C=C(NC=O)C(=Cc2ccc(OS(=O)(=O)O)cc2)NC=O)cc1. The van der Waals surface area contributed by atoms with Crippen LogP contribution in [0.1, 0.15) is 11.1 Å². The van der Waals surface area contributed by atoms with E-state index in [-0.39, 0.29) is 11.4 Å². The number of nitrogens with one attached hydrogen (secondary N) is 2. The van der Waals surface area contributed by atoms with Crippen molar-refractivity contribution in [1.82, 2.24) is 10.6 Å². The zero-order chi connectivity index (χ0) is 21.3. The summed E-state index contributed by atoms with van der Waals surface area (Å²) in [5.74, 6) is 0.579. The van der Waals surface area contributed by atoms with Gasteiger partial charge in [0.15, 0.2) is 0 Å². The van der Waals surface area contributed by atoms with Gasteiger partial charge in [0.2, 0.25) is 12.8 Å². The van der Waals surface area contributed by atoms with Crippen LogP contribution in [0.5, 0.6) is 11.5 Å². The maximum Gasteiger partial charge on any atom is 0.446 e. The van der Waals surface area contributed by atoms with E-state index in [9.17, 15) is 18.0 Å². The summed E-state index contributed by atoms with van der Waals surface area (Å²) in [7, 11) is -3.08. The van der Waals surface area contributed by atoms with Gasteiger partial charge < -0.3 is 19.6 Å². The first-order valence-electron chi connectivity index (χ1n) is 8.10. The van der Waals surface area contributed by atoms with E-state index < -0.39 is 10.4 Å². The number of ether oxygens (including phenoxy) is 1. The zero-order valence-corrected chi connectivity index (χ0v) is 16.0. The molecule has 2 aromatic rings. The molecular formula is C19H18N2O7S. The molecule has 2 amide bonds. The molecule has 152 valence electrons. The Morgan fingerprint density at radius 1 is 0.828 bits per heavy atom. The number of hydrogen-bond acceptors (Lipinski definition) is 6. The number of benzene rings is 2. The van der Waals surface area contributed by atoms with E-state index >= 15 is 0 Å². The summed E-state index contributed by atoms with van der Waals surface area (Å²) in [5, 5.41) is 5.04. The molecule has 0 saturated carbocycles. The van der Waals surface area contributed by atoms with Gasteiger partial charge in [-0.3, -0.25) is 14.1 Å². The Morgan fingerprint density at radius 3 is 1.59 bits per heavy atom. The van der Waals surface area contributed by atoms with Crippen molar-refractivity contribution in [3.05, 3.63) is 71.1 Å². The van der Waals surface area contributed by atoms with E-state index in [0.717, 1.165) is 5.56 Å². The summed E-state index contributed by atoms with van der Waals surface area (Å²) >= 11 is 0. The first kappa shape index (κ1) is 21.7. The second-order valence-corrected chi connectivity index (χ2v) is 6.52. The van der Waals surface area contributed by atoms with Crippen LogP contribution in [-0.2, 0) is 20.0 Å². The maximum absolute atomic E-state index is 11.0. The number of amides is 2. The van der Waals surface area contributed by atoms with Gasteiger partial charge in [-0.05, 0) is 47.5 Å². The second-order valence-electron chi connectivity index (χ2n) is 5.49. The molecule has 2 aromatic carbocycles. The van der Waals surface area contributed by atoms with Crippen LogP contribution in [0.15, 0.2) is 59.9 Å². The molecule has 0 aliphatic carbocycles. The molecule has 10 heteroatoms. The Hall–Kier alpha value is -3.63. The molecule has 0 aliphatic rings. The van der Waals surface area contributed by atoms with Gasteiger partial charge in [0.05, 0.1) is 18.5 Å². The predicted octanol–water partition coefficient (Wildman–Crippen LogP) is 1.75. The summed E-state index contributed by atoms with van der Waals surface area (Å²) in [5.41, 5.74) is 1.90. The molecule has 0 unspecified atom stereocenters. The molecule has 0 saturated heterocycles. The van der Waals surface area contributed by atoms with Crippen LogP contribution >= 0.6 is 0 Å². The standard InChI is InChI=1S/C19H18N2O7S/c1-27-16-6-2-14(3-7-16)10-18(20-12-22)19(21-13-23)11-15-4-8-17(9-5-15)28-29(24,25)26/h2-13H,1H3,(H,20,22)(H,21,23)(H,24,25,26). The molecule has 3 N–H and O–H groups in total. The van der Waals surface area contributed by atoms with Crippen molar-refractivity contribution in [2.24, 2.45) is 0 Å². The van der Waals surface area contributed by atoms with E-state index in [1.54, 1.807) is 43.5 Å². The normalized spacial score (nSPS) is 12.1. The summed E-state index contributed by atoms with van der Waals surface area (Å²) < 4.78 is 39.6. The van der Waals surface area contributed by atoms with E-state index in [1.165, 1.54) is 24.3 Å². The lowest BCUT2D eigenvalue weighted by atomic mass is 10.1. The number of carbonyl (C=O) groups is 2. The maximum atomic E-state index is 11.0. The quantitative estimate of drug-likeness (QED) is 0.304. The minimum atomic E-state index is -4.62. The van der Waals surface area contributed by atoms with Crippen LogP contribution in [0.4, 0.5) is 0 Å². The van der Waals surface area contributed by atoms with Crippen LogP contribution in [-0.4, -0.2) is 32.9 Å². The van der Waals surface area contributed by atoms with Gasteiger partial charge >= 0.3 is 10.4 Å². The van der Waals surface area contributed by atoms with E-state index in [1.807, 2.05) is 0 Å². The van der Waals surface area contributed by atoms with Crippen molar-refractivity contribution in [2.45, 2.75) is 0 Å². The van der Waals surface area contributed by atoms with E-state index in [4.69, 9.17) is 9.29 Å². The van der Waals surface area contributed by atoms with Crippen LogP contribution in [0.25, 0.3) is 12.2 Å². The van der Waals surface area contributed by atoms with Gasteiger partial charge in [-0.2, -0.15) is 8.42 Å². The third kappa shape index (κ3) is 7.13. The average molecular weight is 418 g/mol. The number of rotatable bonds is 10. The van der Waals surface area contributed by atoms with Gasteiger partial charge in [-0.1, -0.05) is 24.3 Å². The highest BCUT2D eigenvalue weighted by atomic mass is 32.3. The molecule has 0 aromatic heterocycles. The van der Waals surface area contributed by atoms with Crippen molar-refractivity contribution in [3.63, 3.8) is 0 Å². The second kappa shape index (κ2) is 10.1. The number of carbonyl (C=O) groups excluding carboxylic acids is 2. The van der Waals surface area contributed by atoms with Gasteiger partial charge in [0.1, 0.15) is 11.5 Å². The van der Waals surface area contributed by atoms with Crippen LogP contribution < -0.4 is 19.6 Å². The smallest absolute Gasteiger partial charge is 0.446 e. The monoisotopic (exact) mass is 418 g/mol. The highest BCUT2D eigenvalue weighted by Crippen LogP contribution is 2.19. The summed E-state index contributed by atoms with van der Waals surface area (Å²) in [6.07, 6.45) is 4.12. The fraction of sp³-hybridized carbons (Fsp3) is 0.0526. The molecule has 0 spiro atoms. The molecule has 0 fully saturated rings. The molecule has 0 atom stereocenters. The minimum absolute atomic E-state index is 0.0884. The highest BCUT2D eigenvalue weighted by molar-refractivity contribution is 7.81. The molecule has 2 rings (SSSR count). The Bertz CT molecular complexity index is 1010. The van der Waals surface area contributed by atoms with Gasteiger partial charge in [0, 0.05) is 0 Å². The molecule has 9 nitrogen and oxygen atoms in total. The van der Waals surface area contributed by atoms with E-state index in [0.29, 0.717) is 29.8 Å². The molecule has 29 heavy (non-hydrogen) atoms. The van der Waals surface area contributed by atoms with Crippen molar-refractivity contribution in [2.75, 3.05) is 7.11 Å². The number of hydrogen-bond donors (Lipinski definition) is 3. The minimum Gasteiger partial charge on any atom is -0.497 e. The molecule has 0 heterocycles. The molecule has 0 bridgehead atoms. The fourth-order valence-electron chi connectivity index (χ4n) is 2.30. The summed E-state index contributed by atoms with van der Waals surface area (Å²) in [6, 6.07) is 12.7. The first-order chi connectivity index (χ1) is 13.8. The van der Waals surface area contributed by atoms with Gasteiger partial charge in [-0.25, -0.2) is 0 Å². The third-order valence-electron chi connectivity index (χ3n) is 3.54. The average Bonchev–Trinajstić information content (AvgIpc) is 2.68. The molecule has 0 aliphatic heterocycles. The molecule has 0 radical (unpaired) electrons. The Labute approximate surface area is 167 Å². The van der Waals surface area contributed by atoms with Gasteiger partial charge in [-0.15, -0.1) is 0 Å². The van der Waals surface area contributed by atoms with Crippen LogP contribution in [0, 0.1) is 0 Å². The Balaban J connectivity index is 2.37. The van der Waals surface area contributed by atoms with Crippen molar-refractivity contribution >= 4 is 35.4 Å². The van der Waals surface area contributed by atoms with Gasteiger partial charge in [0.25, 0.3) is 0 Å². The van der Waals surface area contributed by atoms with Crippen LogP contribution in [0.2, 0.25) is 0 Å². The largest absolute Gasteiger partial charge is 0.497 e. The van der Waals surface area contributed by atoms with Crippen molar-refractivity contribution in [3.8, 4) is 11.5 Å². The first-order valence-corrected chi connectivity index (χ1v) is 9.46. The highest BCUT2D eigenvalue weighted by Gasteiger charge is 2.08. The van der Waals surface area contributed by atoms with Crippen molar-refractivity contribution in [1.29, 1.82) is 0 Å². The van der Waals surface area contributed by atoms with Crippen LogP contribution in [0.3, 0.4) is 0 Å². The Morgan fingerprint density at radius 2 is 1.24 bits per heavy atom. The third-order valence-corrected chi connectivity index (χ3v) is 3.94. The summed E-state index contributed by atoms with van der Waals surface area (Å²) in [6.45, 7) is 0. The van der Waals surface area contributed by atoms with Crippen molar-refractivity contribution < 1.29 is 31.5 Å². The lowest BCUT2D eigenvalue weighted by Gasteiger charge is -2.11. The van der Waals surface area contributed by atoms with E-state index in [2.05, 4.69) is 14.8 Å². The summed E-state index contributed by atoms with van der Waals surface area (Å²) in [4.78, 5) is 22.1. The lowest BCUT2D eigenvalue weighted by Crippen LogP contribution is -2.21. The fourth-order valence-corrected chi connectivity index (χ4v) is 2.65. The number of methoxy groups -OCH3 is 1. The molecular weight excluding hydrogens is 400 g/mol. The predicted molar refractivity (Wildman–Crippen MR) is 106 cm³/mol.